The zero-order valence-corrected chi connectivity index (χ0v) is 13.3. The van der Waals surface area contributed by atoms with E-state index in [2.05, 4.69) is 13.8 Å². The van der Waals surface area contributed by atoms with E-state index < -0.39 is 0 Å². The van der Waals surface area contributed by atoms with Crippen LogP contribution in [0.15, 0.2) is 18.2 Å². The van der Waals surface area contributed by atoms with E-state index in [0.717, 1.165) is 29.8 Å². The molecule has 1 nitrogen and oxygen atoms in total. The molecule has 0 aliphatic heterocycles. The van der Waals surface area contributed by atoms with Crippen LogP contribution < -0.4 is 5.73 Å². The molecular weight excluding hydrogens is 277 g/mol. The second-order valence-electron chi connectivity index (χ2n) is 6.79. The largest absolute Gasteiger partial charge is 0.325 e. The van der Waals surface area contributed by atoms with E-state index in [1.807, 2.05) is 18.2 Å². The highest BCUT2D eigenvalue weighted by atomic mass is 35.5. The standard InChI is InChI=1S/C16H23Cl2N/c1-15(2)6-3-7-16(19,9-8-15)11-12-4-5-13(17)10-14(12)18/h4-5,10H,3,6-9,11,19H2,1-2H3. The Hall–Kier alpha value is -0.240. The van der Waals surface area contributed by atoms with Crippen molar-refractivity contribution in [2.24, 2.45) is 11.1 Å². The Kier molecular flexibility index (Phi) is 4.49. The van der Waals surface area contributed by atoms with Gasteiger partial charge in [-0.15, -0.1) is 0 Å². The highest BCUT2D eigenvalue weighted by molar-refractivity contribution is 6.35. The van der Waals surface area contributed by atoms with Gasteiger partial charge in [-0.2, -0.15) is 0 Å². The van der Waals surface area contributed by atoms with Gasteiger partial charge in [-0.05, 0) is 55.2 Å². The fraction of sp³-hybridized carbons (Fsp3) is 0.625. The van der Waals surface area contributed by atoms with Crippen molar-refractivity contribution >= 4 is 23.2 Å². The van der Waals surface area contributed by atoms with Gasteiger partial charge < -0.3 is 5.73 Å². The molecule has 2 N–H and O–H groups in total. The molecule has 0 bridgehead atoms. The fourth-order valence-corrected chi connectivity index (χ4v) is 3.45. The second kappa shape index (κ2) is 5.63. The summed E-state index contributed by atoms with van der Waals surface area (Å²) < 4.78 is 0. The number of halogens is 2. The van der Waals surface area contributed by atoms with Crippen LogP contribution in [0.5, 0.6) is 0 Å². The van der Waals surface area contributed by atoms with Crippen LogP contribution in [0.4, 0.5) is 0 Å². The number of benzene rings is 1. The van der Waals surface area contributed by atoms with Gasteiger partial charge in [0.25, 0.3) is 0 Å². The molecule has 1 aliphatic rings. The van der Waals surface area contributed by atoms with E-state index >= 15 is 0 Å². The number of hydrogen-bond donors (Lipinski definition) is 1. The third kappa shape index (κ3) is 4.11. The smallest absolute Gasteiger partial charge is 0.0453 e. The van der Waals surface area contributed by atoms with Crippen LogP contribution in [0.1, 0.15) is 51.5 Å². The first-order valence-electron chi connectivity index (χ1n) is 7.03. The molecule has 0 spiro atoms. The van der Waals surface area contributed by atoms with Crippen LogP contribution >= 0.6 is 23.2 Å². The highest BCUT2D eigenvalue weighted by Gasteiger charge is 2.32. The van der Waals surface area contributed by atoms with Crippen molar-refractivity contribution in [2.45, 2.75) is 57.9 Å². The molecular formula is C16H23Cl2N. The minimum absolute atomic E-state index is 0.120. The second-order valence-corrected chi connectivity index (χ2v) is 7.64. The third-order valence-electron chi connectivity index (χ3n) is 4.39. The van der Waals surface area contributed by atoms with Gasteiger partial charge in [-0.25, -0.2) is 0 Å². The lowest BCUT2D eigenvalue weighted by molar-refractivity contribution is 0.297. The lowest BCUT2D eigenvalue weighted by atomic mass is 9.81. The SMILES string of the molecule is CC1(C)CCCC(N)(Cc2ccc(Cl)cc2Cl)CC1. The highest BCUT2D eigenvalue weighted by Crippen LogP contribution is 2.39. The summed E-state index contributed by atoms with van der Waals surface area (Å²) in [4.78, 5) is 0. The Labute approximate surface area is 126 Å². The van der Waals surface area contributed by atoms with Crippen molar-refractivity contribution in [3.8, 4) is 0 Å². The summed E-state index contributed by atoms with van der Waals surface area (Å²) in [5.41, 5.74) is 8.05. The minimum Gasteiger partial charge on any atom is -0.325 e. The van der Waals surface area contributed by atoms with Gasteiger partial charge in [-0.1, -0.05) is 49.5 Å². The summed E-state index contributed by atoms with van der Waals surface area (Å²) in [7, 11) is 0. The van der Waals surface area contributed by atoms with Crippen molar-refractivity contribution in [2.75, 3.05) is 0 Å². The maximum absolute atomic E-state index is 6.63. The lowest BCUT2D eigenvalue weighted by Gasteiger charge is -2.29. The van der Waals surface area contributed by atoms with Crippen LogP contribution in [-0.2, 0) is 6.42 Å². The van der Waals surface area contributed by atoms with E-state index in [1.165, 1.54) is 19.3 Å². The number of hydrogen-bond acceptors (Lipinski definition) is 1. The van der Waals surface area contributed by atoms with Gasteiger partial charge >= 0.3 is 0 Å². The summed E-state index contributed by atoms with van der Waals surface area (Å²) in [6, 6.07) is 5.71. The lowest BCUT2D eigenvalue weighted by Crippen LogP contribution is -2.41. The Bertz CT molecular complexity index is 456. The molecule has 1 atom stereocenters. The van der Waals surface area contributed by atoms with Crippen LogP contribution in [0, 0.1) is 5.41 Å². The maximum atomic E-state index is 6.63. The van der Waals surface area contributed by atoms with Crippen LogP contribution in [-0.4, -0.2) is 5.54 Å². The maximum Gasteiger partial charge on any atom is 0.0453 e. The molecule has 1 saturated carbocycles. The molecule has 2 rings (SSSR count). The summed E-state index contributed by atoms with van der Waals surface area (Å²) in [5.74, 6) is 0. The average molecular weight is 300 g/mol. The predicted octanol–water partition coefficient (Wildman–Crippen LogP) is 5.22. The van der Waals surface area contributed by atoms with E-state index in [1.54, 1.807) is 0 Å². The molecule has 0 saturated heterocycles. The molecule has 19 heavy (non-hydrogen) atoms. The molecule has 0 amide bonds. The zero-order chi connectivity index (χ0) is 14.1. The fourth-order valence-electron chi connectivity index (χ4n) is 2.98. The molecule has 0 aromatic heterocycles. The Balaban J connectivity index is 2.12. The average Bonchev–Trinajstić information content (AvgIpc) is 2.43. The summed E-state index contributed by atoms with van der Waals surface area (Å²) in [5, 5.41) is 1.42. The first-order chi connectivity index (χ1) is 8.80. The number of nitrogens with two attached hydrogens (primary N) is 1. The van der Waals surface area contributed by atoms with E-state index in [4.69, 9.17) is 28.9 Å². The first kappa shape index (κ1) is 15.2. The van der Waals surface area contributed by atoms with Gasteiger partial charge in [0.05, 0.1) is 0 Å². The molecule has 1 aliphatic carbocycles. The van der Waals surface area contributed by atoms with Crippen molar-refractivity contribution in [3.05, 3.63) is 33.8 Å². The molecule has 0 heterocycles. The predicted molar refractivity (Wildman–Crippen MR) is 84.0 cm³/mol. The number of rotatable bonds is 2. The Morgan fingerprint density at radius 1 is 1.11 bits per heavy atom. The normalized spacial score (nSPS) is 27.0. The van der Waals surface area contributed by atoms with Crippen molar-refractivity contribution in [3.63, 3.8) is 0 Å². The molecule has 106 valence electrons. The summed E-state index contributed by atoms with van der Waals surface area (Å²) in [6.45, 7) is 4.68. The molecule has 3 heteroatoms. The van der Waals surface area contributed by atoms with Crippen molar-refractivity contribution in [1.29, 1.82) is 0 Å². The summed E-state index contributed by atoms with van der Waals surface area (Å²) in [6.07, 6.45) is 6.65. The molecule has 1 aromatic rings. The van der Waals surface area contributed by atoms with E-state index in [9.17, 15) is 0 Å². The van der Waals surface area contributed by atoms with Gasteiger partial charge in [0.2, 0.25) is 0 Å². The van der Waals surface area contributed by atoms with Crippen LogP contribution in [0.25, 0.3) is 0 Å². The summed E-state index contributed by atoms with van der Waals surface area (Å²) >= 11 is 12.2. The van der Waals surface area contributed by atoms with Gasteiger partial charge in [0.15, 0.2) is 0 Å². The van der Waals surface area contributed by atoms with Gasteiger partial charge in [0.1, 0.15) is 0 Å². The van der Waals surface area contributed by atoms with E-state index in [-0.39, 0.29) is 5.54 Å². The topological polar surface area (TPSA) is 26.0 Å². The third-order valence-corrected chi connectivity index (χ3v) is 4.97. The molecule has 1 aromatic carbocycles. The Morgan fingerprint density at radius 2 is 1.84 bits per heavy atom. The molecule has 0 radical (unpaired) electrons. The minimum atomic E-state index is -0.120. The molecule has 1 fully saturated rings. The van der Waals surface area contributed by atoms with Gasteiger partial charge in [-0.3, -0.25) is 0 Å². The van der Waals surface area contributed by atoms with Crippen LogP contribution in [0.2, 0.25) is 10.0 Å². The van der Waals surface area contributed by atoms with Crippen LogP contribution in [0.3, 0.4) is 0 Å². The van der Waals surface area contributed by atoms with Gasteiger partial charge in [0, 0.05) is 15.6 Å². The zero-order valence-electron chi connectivity index (χ0n) is 11.8. The molecule has 1 unspecified atom stereocenters. The first-order valence-corrected chi connectivity index (χ1v) is 7.78. The van der Waals surface area contributed by atoms with Crippen molar-refractivity contribution < 1.29 is 0 Å². The monoisotopic (exact) mass is 299 g/mol. The Morgan fingerprint density at radius 3 is 2.53 bits per heavy atom. The quantitative estimate of drug-likeness (QED) is 0.744. The van der Waals surface area contributed by atoms with Crippen molar-refractivity contribution in [1.82, 2.24) is 0 Å². The van der Waals surface area contributed by atoms with E-state index in [0.29, 0.717) is 10.4 Å².